The van der Waals surface area contributed by atoms with E-state index in [-0.39, 0.29) is 4.99 Å². The maximum absolute atomic E-state index is 8.63. The summed E-state index contributed by atoms with van der Waals surface area (Å²) in [6.07, 6.45) is 2.56. The lowest BCUT2D eigenvalue weighted by Gasteiger charge is -2.06. The number of hydrogen-bond donors (Lipinski definition) is 1. The predicted octanol–water partition coefficient (Wildman–Crippen LogP) is 1.33. The molecule has 0 saturated heterocycles. The maximum atomic E-state index is 8.63. The summed E-state index contributed by atoms with van der Waals surface area (Å²) in [5, 5.41) is 9.35. The van der Waals surface area contributed by atoms with Crippen LogP contribution in [0.3, 0.4) is 0 Å². The highest BCUT2D eigenvalue weighted by atomic mass is 32.1. The highest BCUT2D eigenvalue weighted by Gasteiger charge is 1.92. The molecule has 0 amide bonds. The highest BCUT2D eigenvalue weighted by molar-refractivity contribution is 7.80. The van der Waals surface area contributed by atoms with Crippen molar-refractivity contribution < 1.29 is 5.21 Å². The molecule has 0 aliphatic heterocycles. The van der Waals surface area contributed by atoms with Gasteiger partial charge in [0.05, 0.1) is 0 Å². The van der Waals surface area contributed by atoms with E-state index in [2.05, 4.69) is 25.4 Å². The summed E-state index contributed by atoms with van der Waals surface area (Å²) < 4.78 is 0. The summed E-state index contributed by atoms with van der Waals surface area (Å²) in [6, 6.07) is 0. The lowest BCUT2D eigenvalue weighted by Crippen LogP contribution is -2.15. The zero-order valence-corrected chi connectivity index (χ0v) is 5.19. The van der Waals surface area contributed by atoms with E-state index in [4.69, 9.17) is 5.21 Å². The summed E-state index contributed by atoms with van der Waals surface area (Å²) in [7, 11) is 0. The first-order valence-electron chi connectivity index (χ1n) is 1.99. The minimum absolute atomic E-state index is 0.250. The van der Waals surface area contributed by atoms with Crippen molar-refractivity contribution in [3.8, 4) is 0 Å². The van der Waals surface area contributed by atoms with E-state index in [1.165, 1.54) is 12.3 Å². The van der Waals surface area contributed by atoms with Crippen molar-refractivity contribution in [3.05, 3.63) is 25.4 Å². The van der Waals surface area contributed by atoms with E-state index in [9.17, 15) is 0 Å². The van der Waals surface area contributed by atoms with E-state index < -0.39 is 0 Å². The molecule has 0 aromatic carbocycles. The molecule has 1 N–H and O–H groups in total. The lowest BCUT2D eigenvalue weighted by molar-refractivity contribution is 0.0424. The average molecular weight is 129 g/mol. The second-order valence-corrected chi connectivity index (χ2v) is 1.49. The summed E-state index contributed by atoms with van der Waals surface area (Å²) in [5.74, 6) is 0. The van der Waals surface area contributed by atoms with Gasteiger partial charge in [0.2, 0.25) is 0 Å². The van der Waals surface area contributed by atoms with Gasteiger partial charge in [0, 0.05) is 6.20 Å². The van der Waals surface area contributed by atoms with Gasteiger partial charge in [-0.3, -0.25) is 5.21 Å². The van der Waals surface area contributed by atoms with Crippen LogP contribution in [-0.2, 0) is 0 Å². The van der Waals surface area contributed by atoms with Crippen LogP contribution < -0.4 is 0 Å². The van der Waals surface area contributed by atoms with Gasteiger partial charge in [0.25, 0.3) is 0 Å². The molecular formula is C5H7NOS. The van der Waals surface area contributed by atoms with Gasteiger partial charge in [-0.2, -0.15) is 0 Å². The van der Waals surface area contributed by atoms with Crippen molar-refractivity contribution in [2.75, 3.05) is 0 Å². The van der Waals surface area contributed by atoms with Crippen molar-refractivity contribution in [3.63, 3.8) is 0 Å². The summed E-state index contributed by atoms with van der Waals surface area (Å²) in [5.41, 5.74) is 0. The first-order valence-corrected chi connectivity index (χ1v) is 2.40. The standard InChI is InChI=1S/C5H7NOS/c1-3-5(8)6(7)4-2/h3-4,7H,1-2H2. The molecular weight excluding hydrogens is 122 g/mol. The molecule has 0 aromatic heterocycles. The van der Waals surface area contributed by atoms with Gasteiger partial charge in [0.1, 0.15) is 4.99 Å². The molecule has 0 aliphatic carbocycles. The molecule has 0 spiro atoms. The molecule has 0 unspecified atom stereocenters. The molecule has 44 valence electrons. The predicted molar refractivity (Wildman–Crippen MR) is 36.6 cm³/mol. The molecule has 0 rings (SSSR count). The molecule has 0 heterocycles. The van der Waals surface area contributed by atoms with Crippen LogP contribution in [0.2, 0.25) is 0 Å². The van der Waals surface area contributed by atoms with E-state index in [1.807, 2.05) is 0 Å². The minimum atomic E-state index is 0.250. The summed E-state index contributed by atoms with van der Waals surface area (Å²) >= 11 is 4.56. The van der Waals surface area contributed by atoms with E-state index in [1.54, 1.807) is 0 Å². The Hall–Kier alpha value is -0.670. The molecule has 3 heteroatoms. The van der Waals surface area contributed by atoms with Crippen LogP contribution >= 0.6 is 12.2 Å². The normalized spacial score (nSPS) is 7.62. The quantitative estimate of drug-likeness (QED) is 0.345. The third-order valence-electron chi connectivity index (χ3n) is 0.573. The van der Waals surface area contributed by atoms with Gasteiger partial charge in [-0.1, -0.05) is 25.4 Å². The Kier molecular flexibility index (Phi) is 3.07. The first kappa shape index (κ1) is 7.33. The monoisotopic (exact) mass is 129 g/mol. The third-order valence-corrected chi connectivity index (χ3v) is 0.927. The molecule has 0 bridgehead atoms. The van der Waals surface area contributed by atoms with Crippen molar-refractivity contribution in [1.29, 1.82) is 0 Å². The fourth-order valence-electron chi connectivity index (χ4n) is 0.184. The summed E-state index contributed by atoms with van der Waals surface area (Å²) in [6.45, 7) is 6.61. The van der Waals surface area contributed by atoms with Crippen LogP contribution in [0.15, 0.2) is 25.4 Å². The third kappa shape index (κ3) is 1.86. The largest absolute Gasteiger partial charge is 0.283 e. The van der Waals surface area contributed by atoms with Gasteiger partial charge in [-0.25, -0.2) is 5.06 Å². The zero-order valence-electron chi connectivity index (χ0n) is 4.37. The van der Waals surface area contributed by atoms with Gasteiger partial charge in [0.15, 0.2) is 0 Å². The molecule has 0 aliphatic rings. The molecule has 0 aromatic rings. The van der Waals surface area contributed by atoms with Crippen molar-refractivity contribution in [2.45, 2.75) is 0 Å². The van der Waals surface area contributed by atoms with Crippen LogP contribution in [0.25, 0.3) is 0 Å². The Morgan fingerprint density at radius 3 is 2.25 bits per heavy atom. The van der Waals surface area contributed by atoms with Gasteiger partial charge in [-0.15, -0.1) is 0 Å². The smallest absolute Gasteiger partial charge is 0.131 e. The molecule has 0 radical (unpaired) electrons. The van der Waals surface area contributed by atoms with Gasteiger partial charge >= 0.3 is 0 Å². The second kappa shape index (κ2) is 3.35. The number of rotatable bonds is 2. The zero-order chi connectivity index (χ0) is 6.57. The number of thiocarbonyl (C=S) groups is 1. The van der Waals surface area contributed by atoms with Crippen LogP contribution in [0.5, 0.6) is 0 Å². The molecule has 8 heavy (non-hydrogen) atoms. The number of nitrogens with zero attached hydrogens (tertiary/aromatic N) is 1. The van der Waals surface area contributed by atoms with Crippen LogP contribution in [-0.4, -0.2) is 15.3 Å². The van der Waals surface area contributed by atoms with Gasteiger partial charge < -0.3 is 0 Å². The average Bonchev–Trinajstić information content (AvgIpc) is 1.84. The first-order chi connectivity index (χ1) is 3.72. The lowest BCUT2D eigenvalue weighted by atomic mass is 10.6. The van der Waals surface area contributed by atoms with Gasteiger partial charge in [-0.05, 0) is 6.08 Å². The minimum Gasteiger partial charge on any atom is -0.283 e. The maximum Gasteiger partial charge on any atom is 0.131 e. The number of hydroxylamine groups is 2. The van der Waals surface area contributed by atoms with E-state index >= 15 is 0 Å². The fraction of sp³-hybridized carbons (Fsp3) is 0. The molecule has 0 fully saturated rings. The highest BCUT2D eigenvalue weighted by Crippen LogP contribution is 1.86. The SMILES string of the molecule is C=CC(=S)N(O)C=C. The van der Waals surface area contributed by atoms with Crippen LogP contribution in [0, 0.1) is 0 Å². The molecule has 2 nitrogen and oxygen atoms in total. The van der Waals surface area contributed by atoms with Crippen molar-refractivity contribution >= 4 is 17.2 Å². The summed E-state index contributed by atoms with van der Waals surface area (Å²) in [4.78, 5) is 0.250. The molecule has 0 saturated carbocycles. The molecule has 0 atom stereocenters. The van der Waals surface area contributed by atoms with Crippen LogP contribution in [0.1, 0.15) is 0 Å². The Morgan fingerprint density at radius 1 is 1.62 bits per heavy atom. The number of hydrogen-bond acceptors (Lipinski definition) is 2. The van der Waals surface area contributed by atoms with E-state index in [0.717, 1.165) is 5.06 Å². The van der Waals surface area contributed by atoms with Crippen LogP contribution in [0.4, 0.5) is 0 Å². The second-order valence-electron chi connectivity index (χ2n) is 1.07. The van der Waals surface area contributed by atoms with Crippen molar-refractivity contribution in [2.24, 2.45) is 0 Å². The Labute approximate surface area is 53.7 Å². The Balaban J connectivity index is 3.80. The fourth-order valence-corrected chi connectivity index (χ4v) is 0.258. The Morgan fingerprint density at radius 2 is 2.12 bits per heavy atom. The topological polar surface area (TPSA) is 23.5 Å². The Bertz CT molecular complexity index is 122. The van der Waals surface area contributed by atoms with E-state index in [0.29, 0.717) is 0 Å². The van der Waals surface area contributed by atoms with Crippen molar-refractivity contribution in [1.82, 2.24) is 5.06 Å².